The summed E-state index contributed by atoms with van der Waals surface area (Å²) in [5, 5.41) is 12.7. The third-order valence-corrected chi connectivity index (χ3v) is 3.73. The van der Waals surface area contributed by atoms with Crippen molar-refractivity contribution in [2.24, 2.45) is 0 Å². The number of halogens is 1. The van der Waals surface area contributed by atoms with Crippen LogP contribution in [-0.4, -0.2) is 11.0 Å². The number of benzene rings is 1. The maximum Gasteiger partial charge on any atom is 0.146 e. The van der Waals surface area contributed by atoms with Gasteiger partial charge in [-0.15, -0.1) is 0 Å². The molecule has 1 aromatic carbocycles. The van der Waals surface area contributed by atoms with E-state index < -0.39 is 0 Å². The minimum absolute atomic E-state index is 0.348. The van der Waals surface area contributed by atoms with E-state index in [9.17, 15) is 0 Å². The summed E-state index contributed by atoms with van der Waals surface area (Å²) in [5.41, 5.74) is 1.78. The molecule has 19 heavy (non-hydrogen) atoms. The topological polar surface area (TPSA) is 48.7 Å². The van der Waals surface area contributed by atoms with Crippen molar-refractivity contribution in [3.63, 3.8) is 0 Å². The van der Waals surface area contributed by atoms with Crippen LogP contribution >= 0.6 is 11.6 Å². The minimum atomic E-state index is 0.348. The molecule has 1 heterocycles. The van der Waals surface area contributed by atoms with Gasteiger partial charge in [0.2, 0.25) is 0 Å². The van der Waals surface area contributed by atoms with Crippen molar-refractivity contribution < 1.29 is 0 Å². The van der Waals surface area contributed by atoms with Gasteiger partial charge in [0.05, 0.1) is 5.56 Å². The lowest BCUT2D eigenvalue weighted by Crippen LogP contribution is -2.06. The van der Waals surface area contributed by atoms with Crippen LogP contribution in [0.2, 0.25) is 5.02 Å². The molecular weight excluding hydrogens is 258 g/mol. The van der Waals surface area contributed by atoms with Gasteiger partial charge in [-0.25, -0.2) is 4.98 Å². The lowest BCUT2D eigenvalue weighted by molar-refractivity contribution is 1.03. The fraction of sp³-hybridized carbons (Fsp3) is 0.200. The lowest BCUT2D eigenvalue weighted by atomic mass is 10.1. The first-order valence-electron chi connectivity index (χ1n) is 6.15. The van der Waals surface area contributed by atoms with Crippen molar-refractivity contribution in [2.75, 3.05) is 5.32 Å². The lowest BCUT2D eigenvalue weighted by Gasteiger charge is -2.07. The molecule has 0 spiro atoms. The van der Waals surface area contributed by atoms with Crippen LogP contribution in [0.1, 0.15) is 23.5 Å². The highest BCUT2D eigenvalue weighted by Crippen LogP contribution is 2.43. The van der Waals surface area contributed by atoms with Gasteiger partial charge in [0.1, 0.15) is 16.9 Å². The van der Waals surface area contributed by atoms with Crippen molar-refractivity contribution >= 4 is 17.4 Å². The van der Waals surface area contributed by atoms with Gasteiger partial charge in [-0.1, -0.05) is 41.9 Å². The Morgan fingerprint density at radius 1 is 1.26 bits per heavy atom. The van der Waals surface area contributed by atoms with E-state index >= 15 is 0 Å². The van der Waals surface area contributed by atoms with Crippen molar-refractivity contribution in [1.82, 2.24) is 4.98 Å². The Hall–Kier alpha value is -2.05. The summed E-state index contributed by atoms with van der Waals surface area (Å²) in [4.78, 5) is 4.20. The molecule has 3 nitrogen and oxygen atoms in total. The van der Waals surface area contributed by atoms with Crippen LogP contribution in [0.25, 0.3) is 0 Å². The van der Waals surface area contributed by atoms with Gasteiger partial charge in [-0.3, -0.25) is 0 Å². The number of anilines is 1. The number of aromatic nitrogens is 1. The minimum Gasteiger partial charge on any atom is -0.365 e. The molecule has 1 saturated carbocycles. The summed E-state index contributed by atoms with van der Waals surface area (Å²) >= 11 is 6.13. The molecule has 2 atom stereocenters. The second-order valence-corrected chi connectivity index (χ2v) is 5.01. The molecule has 2 aromatic rings. The Morgan fingerprint density at radius 2 is 2.05 bits per heavy atom. The van der Waals surface area contributed by atoms with Crippen LogP contribution < -0.4 is 5.32 Å². The summed E-state index contributed by atoms with van der Waals surface area (Å²) in [7, 11) is 0. The maximum atomic E-state index is 8.93. The average molecular weight is 270 g/mol. The molecule has 1 aliphatic carbocycles. The molecule has 1 N–H and O–H groups in total. The summed E-state index contributed by atoms with van der Waals surface area (Å²) in [6.45, 7) is 0. The largest absolute Gasteiger partial charge is 0.365 e. The molecule has 0 amide bonds. The molecule has 3 rings (SSSR count). The van der Waals surface area contributed by atoms with Gasteiger partial charge in [-0.2, -0.15) is 5.26 Å². The second kappa shape index (κ2) is 4.91. The van der Waals surface area contributed by atoms with E-state index in [0.29, 0.717) is 28.4 Å². The van der Waals surface area contributed by atoms with E-state index in [4.69, 9.17) is 16.9 Å². The maximum absolute atomic E-state index is 8.93. The van der Waals surface area contributed by atoms with E-state index in [2.05, 4.69) is 28.5 Å². The zero-order chi connectivity index (χ0) is 13.2. The fourth-order valence-electron chi connectivity index (χ4n) is 2.23. The summed E-state index contributed by atoms with van der Waals surface area (Å²) in [6.07, 6.45) is 2.67. The highest BCUT2D eigenvalue weighted by atomic mass is 35.5. The van der Waals surface area contributed by atoms with Crippen LogP contribution in [0.3, 0.4) is 0 Å². The first-order valence-corrected chi connectivity index (χ1v) is 6.53. The predicted molar refractivity (Wildman–Crippen MR) is 75.2 cm³/mol. The molecule has 1 fully saturated rings. The highest BCUT2D eigenvalue weighted by Gasteiger charge is 2.38. The zero-order valence-electron chi connectivity index (χ0n) is 10.2. The van der Waals surface area contributed by atoms with E-state index in [1.807, 2.05) is 18.2 Å². The third-order valence-electron chi connectivity index (χ3n) is 3.35. The number of hydrogen-bond donors (Lipinski definition) is 1. The van der Waals surface area contributed by atoms with Crippen LogP contribution in [0.5, 0.6) is 0 Å². The molecule has 4 heteroatoms. The van der Waals surface area contributed by atoms with Crippen LogP contribution in [0.15, 0.2) is 42.6 Å². The average Bonchev–Trinajstić information content (AvgIpc) is 3.21. The Bertz CT molecular complexity index is 634. The van der Waals surface area contributed by atoms with Gasteiger partial charge >= 0.3 is 0 Å². The Kier molecular flexibility index (Phi) is 3.10. The van der Waals surface area contributed by atoms with E-state index in [0.717, 1.165) is 6.42 Å². The van der Waals surface area contributed by atoms with Crippen LogP contribution in [-0.2, 0) is 0 Å². The number of hydrogen-bond acceptors (Lipinski definition) is 3. The zero-order valence-corrected chi connectivity index (χ0v) is 10.9. The summed E-state index contributed by atoms with van der Waals surface area (Å²) in [6, 6.07) is 14.4. The van der Waals surface area contributed by atoms with Crippen LogP contribution in [0, 0.1) is 11.3 Å². The molecule has 0 bridgehead atoms. The quantitative estimate of drug-likeness (QED) is 0.927. The molecule has 2 unspecified atom stereocenters. The second-order valence-electron chi connectivity index (χ2n) is 4.64. The van der Waals surface area contributed by atoms with Gasteiger partial charge in [0.25, 0.3) is 0 Å². The molecular formula is C15H12ClN3. The van der Waals surface area contributed by atoms with E-state index in [1.165, 1.54) is 5.56 Å². The summed E-state index contributed by atoms with van der Waals surface area (Å²) < 4.78 is 0. The number of nitrogens with one attached hydrogen (secondary N) is 1. The number of rotatable bonds is 3. The van der Waals surface area contributed by atoms with Crippen LogP contribution in [0.4, 0.5) is 5.82 Å². The van der Waals surface area contributed by atoms with Crippen molar-refractivity contribution in [2.45, 2.75) is 18.4 Å². The van der Waals surface area contributed by atoms with Gasteiger partial charge in [0.15, 0.2) is 0 Å². The van der Waals surface area contributed by atoms with Gasteiger partial charge in [-0.05, 0) is 18.1 Å². The van der Waals surface area contributed by atoms with Crippen molar-refractivity contribution in [3.8, 4) is 6.07 Å². The number of nitriles is 1. The first kappa shape index (κ1) is 12.0. The van der Waals surface area contributed by atoms with Crippen molar-refractivity contribution in [3.05, 3.63) is 58.7 Å². The smallest absolute Gasteiger partial charge is 0.146 e. The Balaban J connectivity index is 1.74. The standard InChI is InChI=1S/C15H12ClN3/c16-14-11(9-17)6-7-18-15(14)19-13-8-12(13)10-4-2-1-3-5-10/h1-7,12-13H,8H2,(H,18,19). The molecule has 1 aromatic heterocycles. The Morgan fingerprint density at radius 3 is 2.79 bits per heavy atom. The van der Waals surface area contributed by atoms with Gasteiger partial charge < -0.3 is 5.32 Å². The fourth-order valence-corrected chi connectivity index (χ4v) is 2.44. The normalized spacial score (nSPS) is 20.6. The highest BCUT2D eigenvalue weighted by molar-refractivity contribution is 6.34. The summed E-state index contributed by atoms with van der Waals surface area (Å²) in [5.74, 6) is 1.11. The third kappa shape index (κ3) is 2.40. The molecule has 0 radical (unpaired) electrons. The Labute approximate surface area is 116 Å². The van der Waals surface area contributed by atoms with E-state index in [-0.39, 0.29) is 0 Å². The van der Waals surface area contributed by atoms with Gasteiger partial charge in [0, 0.05) is 18.2 Å². The number of nitrogens with zero attached hydrogens (tertiary/aromatic N) is 2. The first-order chi connectivity index (χ1) is 9.29. The molecule has 0 aliphatic heterocycles. The number of pyridine rings is 1. The van der Waals surface area contributed by atoms with E-state index in [1.54, 1.807) is 12.3 Å². The molecule has 94 valence electrons. The molecule has 0 saturated heterocycles. The monoisotopic (exact) mass is 269 g/mol. The SMILES string of the molecule is N#Cc1ccnc(NC2CC2c2ccccc2)c1Cl. The molecule has 1 aliphatic rings. The van der Waals surface area contributed by atoms with Crippen molar-refractivity contribution in [1.29, 1.82) is 5.26 Å². The predicted octanol–water partition coefficient (Wildman–Crippen LogP) is 3.57.